The highest BCUT2D eigenvalue weighted by Crippen LogP contribution is 2.12. The fraction of sp³-hybridized carbons (Fsp3) is 0.0667. The van der Waals surface area contributed by atoms with Gasteiger partial charge in [0.2, 0.25) is 0 Å². The molecule has 0 saturated heterocycles. The monoisotopic (exact) mass is 377 g/mol. The van der Waals surface area contributed by atoms with Crippen LogP contribution in [0.4, 0.5) is 5.82 Å². The summed E-state index contributed by atoms with van der Waals surface area (Å²) < 4.78 is 1.98. The molecule has 0 atom stereocenters. The quantitative estimate of drug-likeness (QED) is 0.734. The lowest BCUT2D eigenvalue weighted by molar-refractivity contribution is 0.873. The van der Waals surface area contributed by atoms with Crippen LogP contribution in [0.5, 0.6) is 0 Å². The molecular formula is C15H12BrN3O2S. The van der Waals surface area contributed by atoms with Crippen LogP contribution in [0.25, 0.3) is 5.69 Å². The summed E-state index contributed by atoms with van der Waals surface area (Å²) in [6, 6.07) is 12.3. The smallest absolute Gasteiger partial charge is 0.334 e. The Balaban J connectivity index is 1.90. The van der Waals surface area contributed by atoms with E-state index in [2.05, 4.69) is 26.2 Å². The maximum absolute atomic E-state index is 12.2. The Morgan fingerprint density at radius 3 is 2.59 bits per heavy atom. The minimum atomic E-state index is -0.469. The first-order chi connectivity index (χ1) is 10.6. The fourth-order valence-electron chi connectivity index (χ4n) is 2.02. The molecule has 3 aromatic rings. The van der Waals surface area contributed by atoms with Crippen molar-refractivity contribution >= 4 is 33.1 Å². The number of benzene rings is 1. The largest absolute Gasteiger partial charge is 0.366 e. The van der Waals surface area contributed by atoms with Gasteiger partial charge in [-0.3, -0.25) is 9.78 Å². The van der Waals surface area contributed by atoms with Crippen molar-refractivity contribution in [3.63, 3.8) is 0 Å². The Morgan fingerprint density at radius 2 is 1.95 bits per heavy atom. The summed E-state index contributed by atoms with van der Waals surface area (Å²) in [4.78, 5) is 28.2. The molecule has 0 aliphatic rings. The zero-order chi connectivity index (χ0) is 15.5. The van der Waals surface area contributed by atoms with E-state index in [9.17, 15) is 9.59 Å². The van der Waals surface area contributed by atoms with Crippen LogP contribution < -0.4 is 16.6 Å². The highest BCUT2D eigenvalue weighted by Gasteiger charge is 2.06. The molecule has 2 N–H and O–H groups in total. The van der Waals surface area contributed by atoms with E-state index < -0.39 is 5.69 Å². The predicted octanol–water partition coefficient (Wildman–Crippen LogP) is 2.96. The van der Waals surface area contributed by atoms with Crippen molar-refractivity contribution in [1.82, 2.24) is 9.55 Å². The van der Waals surface area contributed by atoms with Crippen molar-refractivity contribution in [2.24, 2.45) is 0 Å². The summed E-state index contributed by atoms with van der Waals surface area (Å²) >= 11 is 4.93. The van der Waals surface area contributed by atoms with Crippen LogP contribution in [0.1, 0.15) is 4.88 Å². The number of hydrogen-bond donors (Lipinski definition) is 2. The molecule has 0 unspecified atom stereocenters. The summed E-state index contributed by atoms with van der Waals surface area (Å²) in [6.07, 6.45) is 0. The summed E-state index contributed by atoms with van der Waals surface area (Å²) in [5, 5.41) is 5.03. The molecule has 1 aromatic carbocycles. The van der Waals surface area contributed by atoms with Crippen LogP contribution >= 0.6 is 27.3 Å². The molecule has 112 valence electrons. The molecule has 0 aliphatic carbocycles. The minimum Gasteiger partial charge on any atom is -0.366 e. The van der Waals surface area contributed by atoms with Gasteiger partial charge in [0.05, 0.1) is 12.2 Å². The molecule has 0 spiro atoms. The zero-order valence-corrected chi connectivity index (χ0v) is 13.8. The zero-order valence-electron chi connectivity index (χ0n) is 11.4. The summed E-state index contributed by atoms with van der Waals surface area (Å²) in [5.74, 6) is 0.414. The lowest BCUT2D eigenvalue weighted by Crippen LogP contribution is -2.33. The van der Waals surface area contributed by atoms with Crippen LogP contribution in [0.15, 0.2) is 61.9 Å². The molecule has 0 radical (unpaired) electrons. The summed E-state index contributed by atoms with van der Waals surface area (Å²) in [6.45, 7) is 0.565. The Bertz CT molecular complexity index is 851. The van der Waals surface area contributed by atoms with Crippen molar-refractivity contribution in [3.8, 4) is 5.69 Å². The van der Waals surface area contributed by atoms with Crippen molar-refractivity contribution in [2.75, 3.05) is 5.32 Å². The van der Waals surface area contributed by atoms with E-state index in [-0.39, 0.29) is 5.56 Å². The molecule has 22 heavy (non-hydrogen) atoms. The molecule has 2 heterocycles. The molecule has 3 rings (SSSR count). The molecule has 0 aliphatic heterocycles. The first-order valence-electron chi connectivity index (χ1n) is 6.52. The van der Waals surface area contributed by atoms with E-state index in [1.54, 1.807) is 35.6 Å². The van der Waals surface area contributed by atoms with E-state index in [0.29, 0.717) is 18.1 Å². The number of nitrogens with zero attached hydrogens (tertiary/aromatic N) is 1. The Labute approximate surface area is 138 Å². The molecule has 7 heteroatoms. The van der Waals surface area contributed by atoms with Crippen LogP contribution in [0.2, 0.25) is 0 Å². The minimum absolute atomic E-state index is 0.375. The predicted molar refractivity (Wildman–Crippen MR) is 92.0 cm³/mol. The third kappa shape index (κ3) is 3.20. The summed E-state index contributed by atoms with van der Waals surface area (Å²) in [7, 11) is 0. The lowest BCUT2D eigenvalue weighted by atomic mass is 10.3. The van der Waals surface area contributed by atoms with Gasteiger partial charge in [-0.2, -0.15) is 0 Å². The Kier molecular flexibility index (Phi) is 4.26. The van der Waals surface area contributed by atoms with Crippen molar-refractivity contribution in [2.45, 2.75) is 6.54 Å². The fourth-order valence-corrected chi connectivity index (χ4v) is 2.93. The van der Waals surface area contributed by atoms with Crippen LogP contribution in [-0.4, -0.2) is 9.55 Å². The van der Waals surface area contributed by atoms with Crippen molar-refractivity contribution in [1.29, 1.82) is 0 Å². The first kappa shape index (κ1) is 14.8. The molecule has 0 bridgehead atoms. The molecule has 2 aromatic heterocycles. The molecule has 0 saturated carbocycles. The second-order valence-corrected chi connectivity index (χ2v) is 6.52. The third-order valence-corrected chi connectivity index (χ3v) is 4.46. The number of halogens is 1. The standard InChI is InChI=1S/C15H12BrN3O2S/c16-10-3-5-11(6-4-10)19-14(20)8-13(18-15(19)21)17-9-12-2-1-7-22-12/h1-8,17H,9H2,(H,18,21). The molecular weight excluding hydrogens is 366 g/mol. The Hall–Kier alpha value is -2.12. The van der Waals surface area contributed by atoms with E-state index in [1.165, 1.54) is 6.07 Å². The van der Waals surface area contributed by atoms with E-state index in [1.807, 2.05) is 17.5 Å². The number of nitrogens with one attached hydrogen (secondary N) is 2. The average molecular weight is 378 g/mol. The summed E-state index contributed by atoms with van der Waals surface area (Å²) in [5.41, 5.74) is -0.317. The maximum Gasteiger partial charge on any atom is 0.334 e. The van der Waals surface area contributed by atoms with Gasteiger partial charge in [0.1, 0.15) is 5.82 Å². The number of aromatic amines is 1. The Morgan fingerprint density at radius 1 is 1.18 bits per heavy atom. The van der Waals surface area contributed by atoms with Gasteiger partial charge in [0.25, 0.3) is 5.56 Å². The van der Waals surface area contributed by atoms with Crippen LogP contribution in [0.3, 0.4) is 0 Å². The van der Waals surface area contributed by atoms with Gasteiger partial charge in [-0.25, -0.2) is 9.36 Å². The SMILES string of the molecule is O=c1cc(NCc2cccs2)[nH]c(=O)n1-c1ccc(Br)cc1. The highest BCUT2D eigenvalue weighted by molar-refractivity contribution is 9.10. The maximum atomic E-state index is 12.2. The second-order valence-electron chi connectivity index (χ2n) is 4.57. The number of hydrogen-bond acceptors (Lipinski definition) is 4. The normalized spacial score (nSPS) is 10.6. The van der Waals surface area contributed by atoms with Gasteiger partial charge in [-0.1, -0.05) is 22.0 Å². The molecule has 0 amide bonds. The van der Waals surface area contributed by atoms with E-state index >= 15 is 0 Å². The van der Waals surface area contributed by atoms with Crippen molar-refractivity contribution < 1.29 is 0 Å². The number of aromatic nitrogens is 2. The number of thiophene rings is 1. The average Bonchev–Trinajstić information content (AvgIpc) is 3.00. The van der Waals surface area contributed by atoms with Crippen LogP contribution in [-0.2, 0) is 6.54 Å². The topological polar surface area (TPSA) is 66.9 Å². The second kappa shape index (κ2) is 6.33. The lowest BCUT2D eigenvalue weighted by Gasteiger charge is -2.08. The van der Waals surface area contributed by atoms with Gasteiger partial charge in [-0.05, 0) is 35.7 Å². The third-order valence-electron chi connectivity index (χ3n) is 3.05. The van der Waals surface area contributed by atoms with Gasteiger partial charge in [-0.15, -0.1) is 11.3 Å². The van der Waals surface area contributed by atoms with Crippen LogP contribution in [0, 0.1) is 0 Å². The highest BCUT2D eigenvalue weighted by atomic mass is 79.9. The number of anilines is 1. The van der Waals surface area contributed by atoms with E-state index in [4.69, 9.17) is 0 Å². The van der Waals surface area contributed by atoms with E-state index in [0.717, 1.165) is 13.9 Å². The first-order valence-corrected chi connectivity index (χ1v) is 8.19. The van der Waals surface area contributed by atoms with Gasteiger partial charge in [0, 0.05) is 15.4 Å². The molecule has 0 fully saturated rings. The number of H-pyrrole nitrogens is 1. The van der Waals surface area contributed by atoms with Gasteiger partial charge >= 0.3 is 5.69 Å². The van der Waals surface area contributed by atoms with Gasteiger partial charge in [0.15, 0.2) is 0 Å². The number of rotatable bonds is 4. The van der Waals surface area contributed by atoms with Crippen molar-refractivity contribution in [3.05, 3.63) is 78.0 Å². The molecule has 5 nitrogen and oxygen atoms in total. The van der Waals surface area contributed by atoms with Gasteiger partial charge < -0.3 is 5.32 Å².